The lowest BCUT2D eigenvalue weighted by Crippen LogP contribution is -2.52. The van der Waals surface area contributed by atoms with Crippen LogP contribution in [-0.4, -0.2) is 81.1 Å². The van der Waals surface area contributed by atoms with Gasteiger partial charge < -0.3 is 9.47 Å². The summed E-state index contributed by atoms with van der Waals surface area (Å²) >= 11 is 0. The number of fused-ring (bicyclic) bond motifs is 2. The first-order valence-electron chi connectivity index (χ1n) is 13.3. The lowest BCUT2D eigenvalue weighted by molar-refractivity contribution is -0.136. The molecule has 4 aliphatic heterocycles. The second-order valence-corrected chi connectivity index (χ2v) is 13.1. The van der Waals surface area contributed by atoms with Gasteiger partial charge >= 0.3 is 0 Å². The molecule has 1 aromatic carbocycles. The Kier molecular flexibility index (Phi) is 5.60. The Hall–Kier alpha value is -3.64. The molecule has 0 radical (unpaired) electrons. The van der Waals surface area contributed by atoms with Gasteiger partial charge in [-0.3, -0.25) is 24.6 Å². The molecule has 3 saturated heterocycles. The lowest BCUT2D eigenvalue weighted by atomic mass is 10.0. The number of sulfone groups is 1. The van der Waals surface area contributed by atoms with E-state index in [4.69, 9.17) is 4.98 Å². The first-order valence-corrected chi connectivity index (χ1v) is 15.1. The fraction of sp³-hybridized carbons (Fsp3) is 0.444. The molecule has 0 spiro atoms. The van der Waals surface area contributed by atoms with Gasteiger partial charge in [-0.1, -0.05) is 6.07 Å². The smallest absolute Gasteiger partial charge is 0.255 e. The highest BCUT2D eigenvalue weighted by atomic mass is 32.2. The van der Waals surface area contributed by atoms with Gasteiger partial charge in [-0.25, -0.2) is 18.4 Å². The molecule has 2 aromatic heterocycles. The maximum absolute atomic E-state index is 13.1. The highest BCUT2D eigenvalue weighted by Gasteiger charge is 2.39. The Balaban J connectivity index is 1.25. The predicted octanol–water partition coefficient (Wildman–Crippen LogP) is 1.42. The number of hydrogen-bond acceptors (Lipinski definition) is 8. The van der Waals surface area contributed by atoms with Crippen molar-refractivity contribution in [1.29, 1.82) is 0 Å². The third-order valence-corrected chi connectivity index (χ3v) is 10.1. The van der Waals surface area contributed by atoms with Crippen molar-refractivity contribution in [3.8, 4) is 11.3 Å². The molecule has 7 rings (SSSR count). The van der Waals surface area contributed by atoms with E-state index in [0.29, 0.717) is 17.6 Å². The number of imidazole rings is 1. The summed E-state index contributed by atoms with van der Waals surface area (Å²) in [6.07, 6.45) is 4.56. The van der Waals surface area contributed by atoms with Gasteiger partial charge in [0.15, 0.2) is 15.5 Å². The third-order valence-electron chi connectivity index (χ3n) is 8.31. The van der Waals surface area contributed by atoms with Crippen LogP contribution in [0.15, 0.2) is 30.6 Å². The van der Waals surface area contributed by atoms with E-state index in [-0.39, 0.29) is 42.3 Å². The maximum Gasteiger partial charge on any atom is 0.255 e. The number of carbonyl (C=O) groups excluding carboxylic acids is 3. The molecule has 4 aliphatic rings. The summed E-state index contributed by atoms with van der Waals surface area (Å²) in [6.45, 7) is 3.07. The average Bonchev–Trinajstić information content (AvgIpc) is 3.62. The van der Waals surface area contributed by atoms with Crippen molar-refractivity contribution in [2.45, 2.75) is 50.9 Å². The number of pyridine rings is 1. The second kappa shape index (κ2) is 8.95. The minimum Gasteiger partial charge on any atom is -0.322 e. The topological polar surface area (TPSA) is 135 Å². The highest BCUT2D eigenvalue weighted by Crippen LogP contribution is 2.34. The SMILES string of the molecule is O=C1CCC(N2Cc3cc(-c4cc(CN5CCCC5)c5ncn(C6CS(=O)(=O)C6)c5n4)ccc3C2=O)C(=O)N1. The van der Waals surface area contributed by atoms with Crippen LogP contribution in [0.3, 0.4) is 0 Å². The summed E-state index contributed by atoms with van der Waals surface area (Å²) < 4.78 is 25.7. The first-order chi connectivity index (χ1) is 18.8. The number of piperidine rings is 1. The molecule has 0 aliphatic carbocycles. The van der Waals surface area contributed by atoms with Crippen molar-refractivity contribution in [3.63, 3.8) is 0 Å². The van der Waals surface area contributed by atoms with Crippen LogP contribution < -0.4 is 5.32 Å². The minimum absolute atomic E-state index is 0.0863. The van der Waals surface area contributed by atoms with E-state index in [1.54, 1.807) is 12.4 Å². The molecule has 3 aromatic rings. The van der Waals surface area contributed by atoms with Crippen molar-refractivity contribution in [2.75, 3.05) is 24.6 Å². The number of imide groups is 1. The van der Waals surface area contributed by atoms with Crippen molar-refractivity contribution >= 4 is 38.7 Å². The molecule has 0 bridgehead atoms. The number of amides is 3. The summed E-state index contributed by atoms with van der Waals surface area (Å²) in [5.41, 5.74) is 5.43. The van der Waals surface area contributed by atoms with Crippen LogP contribution in [0.2, 0.25) is 0 Å². The number of likely N-dealkylation sites (tertiary alicyclic amines) is 1. The van der Waals surface area contributed by atoms with Crippen molar-refractivity contribution in [2.24, 2.45) is 0 Å². The molecule has 39 heavy (non-hydrogen) atoms. The van der Waals surface area contributed by atoms with E-state index in [1.165, 1.54) is 4.90 Å². The van der Waals surface area contributed by atoms with Crippen molar-refractivity contribution < 1.29 is 22.8 Å². The zero-order chi connectivity index (χ0) is 26.9. The molecule has 3 fully saturated rings. The molecule has 1 atom stereocenters. The quantitative estimate of drug-likeness (QED) is 0.473. The molecular weight excluding hydrogens is 520 g/mol. The van der Waals surface area contributed by atoms with E-state index >= 15 is 0 Å². The predicted molar refractivity (Wildman–Crippen MR) is 141 cm³/mol. The van der Waals surface area contributed by atoms with Gasteiger partial charge in [0.2, 0.25) is 11.8 Å². The molecule has 3 amide bonds. The molecule has 12 heteroatoms. The van der Waals surface area contributed by atoms with Crippen LogP contribution in [0, 0.1) is 0 Å². The standard InChI is InChI=1S/C27H28N6O5S/c34-23-6-5-22(26(35)30-23)32-12-17-9-16(3-4-20(17)27(32)36)21-10-18(11-31-7-1-2-8-31)24-25(29-21)33(15-28-24)19-13-39(37,38)14-19/h3-4,9-10,15,19,22H,1-2,5-8,11-14H2,(H,30,34,35). The van der Waals surface area contributed by atoms with Crippen LogP contribution in [0.5, 0.6) is 0 Å². The molecule has 6 heterocycles. The van der Waals surface area contributed by atoms with E-state index in [9.17, 15) is 22.8 Å². The number of benzene rings is 1. The number of nitrogens with zero attached hydrogens (tertiary/aromatic N) is 5. The van der Waals surface area contributed by atoms with Crippen LogP contribution >= 0.6 is 0 Å². The van der Waals surface area contributed by atoms with E-state index in [1.807, 2.05) is 22.8 Å². The van der Waals surface area contributed by atoms with Gasteiger partial charge in [0.1, 0.15) is 11.6 Å². The van der Waals surface area contributed by atoms with Crippen LogP contribution in [0.1, 0.15) is 53.2 Å². The Morgan fingerprint density at radius 2 is 1.85 bits per heavy atom. The third kappa shape index (κ3) is 4.22. The van der Waals surface area contributed by atoms with Crippen molar-refractivity contribution in [3.05, 3.63) is 47.3 Å². The molecule has 1 N–H and O–H groups in total. The monoisotopic (exact) mass is 548 g/mol. The fourth-order valence-corrected chi connectivity index (χ4v) is 7.62. The van der Waals surface area contributed by atoms with Crippen LogP contribution in [0.4, 0.5) is 0 Å². The maximum atomic E-state index is 13.1. The van der Waals surface area contributed by atoms with Gasteiger partial charge in [0.05, 0.1) is 29.6 Å². The minimum atomic E-state index is -3.02. The molecule has 11 nitrogen and oxygen atoms in total. The zero-order valence-corrected chi connectivity index (χ0v) is 22.1. The molecule has 1 unspecified atom stereocenters. The Morgan fingerprint density at radius 3 is 2.59 bits per heavy atom. The zero-order valence-electron chi connectivity index (χ0n) is 21.3. The van der Waals surface area contributed by atoms with E-state index in [2.05, 4.69) is 15.2 Å². The van der Waals surface area contributed by atoms with Crippen LogP contribution in [0.25, 0.3) is 22.4 Å². The van der Waals surface area contributed by atoms with E-state index in [0.717, 1.165) is 60.4 Å². The molecule has 0 saturated carbocycles. The average molecular weight is 549 g/mol. The number of nitrogens with one attached hydrogen (secondary N) is 1. The molecular formula is C27H28N6O5S. The Labute approximate surface area is 225 Å². The van der Waals surface area contributed by atoms with E-state index < -0.39 is 21.8 Å². The first kappa shape index (κ1) is 24.4. The van der Waals surface area contributed by atoms with Gasteiger partial charge in [-0.05, 0) is 61.7 Å². The summed E-state index contributed by atoms with van der Waals surface area (Å²) in [5.74, 6) is -0.787. The Bertz CT molecular complexity index is 1650. The Morgan fingerprint density at radius 1 is 1.05 bits per heavy atom. The van der Waals surface area contributed by atoms with Gasteiger partial charge in [-0.15, -0.1) is 0 Å². The number of carbonyl (C=O) groups is 3. The van der Waals surface area contributed by atoms with Crippen LogP contribution in [-0.2, 0) is 32.5 Å². The summed E-state index contributed by atoms with van der Waals surface area (Å²) in [4.78, 5) is 50.7. The highest BCUT2D eigenvalue weighted by molar-refractivity contribution is 7.92. The molecule has 202 valence electrons. The van der Waals surface area contributed by atoms with Gasteiger partial charge in [0, 0.05) is 30.6 Å². The number of rotatable bonds is 5. The normalized spacial score (nSPS) is 23.3. The second-order valence-electron chi connectivity index (χ2n) is 11.0. The number of aromatic nitrogens is 3. The number of hydrogen-bond donors (Lipinski definition) is 1. The van der Waals surface area contributed by atoms with Gasteiger partial charge in [0.25, 0.3) is 5.91 Å². The summed E-state index contributed by atoms with van der Waals surface area (Å²) in [5, 5.41) is 2.34. The van der Waals surface area contributed by atoms with Gasteiger partial charge in [-0.2, -0.15) is 0 Å². The fourth-order valence-electron chi connectivity index (χ4n) is 6.22. The summed E-state index contributed by atoms with van der Waals surface area (Å²) in [6, 6.07) is 6.80. The lowest BCUT2D eigenvalue weighted by Gasteiger charge is -2.29. The van der Waals surface area contributed by atoms with Crippen molar-refractivity contribution in [1.82, 2.24) is 29.7 Å². The largest absolute Gasteiger partial charge is 0.322 e. The summed E-state index contributed by atoms with van der Waals surface area (Å²) in [7, 11) is -3.02.